The van der Waals surface area contributed by atoms with Crippen LogP contribution >= 0.6 is 11.3 Å². The summed E-state index contributed by atoms with van der Waals surface area (Å²) in [7, 11) is 0. The first kappa shape index (κ1) is 11.1. The topological polar surface area (TPSA) is 76.3 Å². The van der Waals surface area contributed by atoms with Crippen LogP contribution in [0.25, 0.3) is 0 Å². The normalized spacial score (nSPS) is 20.0. The molecule has 1 fully saturated rings. The van der Waals surface area contributed by atoms with E-state index in [0.29, 0.717) is 13.0 Å². The minimum Gasteiger partial charge on any atom is -0.368 e. The molecule has 0 unspecified atom stereocenters. The van der Waals surface area contributed by atoms with Crippen molar-refractivity contribution in [3.8, 4) is 0 Å². The van der Waals surface area contributed by atoms with E-state index in [1.54, 1.807) is 10.4 Å². The zero-order chi connectivity index (χ0) is 11.5. The summed E-state index contributed by atoms with van der Waals surface area (Å²) in [6, 6.07) is -0.425. The molecule has 2 rings (SSSR count). The lowest BCUT2D eigenvalue weighted by Crippen LogP contribution is -2.44. The molecule has 2 amide bonds. The van der Waals surface area contributed by atoms with Crippen molar-refractivity contribution in [2.75, 3.05) is 6.54 Å². The minimum absolute atomic E-state index is 0.0628. The summed E-state index contributed by atoms with van der Waals surface area (Å²) in [6.45, 7) is 0.622. The van der Waals surface area contributed by atoms with Gasteiger partial charge in [0.05, 0.1) is 17.6 Å². The monoisotopic (exact) mass is 239 g/mol. The Kier molecular flexibility index (Phi) is 3.19. The Balaban J connectivity index is 2.01. The summed E-state index contributed by atoms with van der Waals surface area (Å²) in [5.74, 6) is -0.476. The van der Waals surface area contributed by atoms with E-state index in [9.17, 15) is 9.59 Å². The van der Waals surface area contributed by atoms with Gasteiger partial charge in [0.2, 0.25) is 11.8 Å². The van der Waals surface area contributed by atoms with Crippen molar-refractivity contribution >= 4 is 23.2 Å². The van der Waals surface area contributed by atoms with Crippen molar-refractivity contribution < 1.29 is 9.59 Å². The summed E-state index contributed by atoms with van der Waals surface area (Å²) in [5.41, 5.74) is 7.70. The molecule has 0 radical (unpaired) electrons. The van der Waals surface area contributed by atoms with E-state index in [1.807, 2.05) is 5.38 Å². The molecule has 1 saturated heterocycles. The van der Waals surface area contributed by atoms with Crippen LogP contribution < -0.4 is 5.73 Å². The maximum absolute atomic E-state index is 11.9. The van der Waals surface area contributed by atoms with E-state index in [1.165, 1.54) is 11.3 Å². The van der Waals surface area contributed by atoms with Crippen LogP contribution in [-0.2, 0) is 16.0 Å². The molecule has 1 aliphatic heterocycles. The number of hydrogen-bond acceptors (Lipinski definition) is 4. The number of thiazole rings is 1. The molecular weight excluding hydrogens is 226 g/mol. The van der Waals surface area contributed by atoms with Gasteiger partial charge in [-0.25, -0.2) is 4.98 Å². The maximum Gasteiger partial charge on any atom is 0.240 e. The number of nitrogens with zero attached hydrogens (tertiary/aromatic N) is 2. The predicted molar refractivity (Wildman–Crippen MR) is 59.7 cm³/mol. The van der Waals surface area contributed by atoms with Crippen LogP contribution in [0, 0.1) is 0 Å². The van der Waals surface area contributed by atoms with Crippen LogP contribution in [0.1, 0.15) is 18.5 Å². The average Bonchev–Trinajstić information content (AvgIpc) is 2.86. The molecule has 1 aromatic rings. The molecule has 6 heteroatoms. The van der Waals surface area contributed by atoms with E-state index >= 15 is 0 Å². The number of carbonyl (C=O) groups excluding carboxylic acids is 2. The Labute approximate surface area is 97.3 Å². The number of aromatic nitrogens is 1. The molecule has 86 valence electrons. The smallest absolute Gasteiger partial charge is 0.240 e. The lowest BCUT2D eigenvalue weighted by molar-refractivity contribution is -0.136. The van der Waals surface area contributed by atoms with Gasteiger partial charge in [0.15, 0.2) is 0 Å². The van der Waals surface area contributed by atoms with Crippen LogP contribution in [0.2, 0.25) is 0 Å². The van der Waals surface area contributed by atoms with Crippen LogP contribution in [0.5, 0.6) is 0 Å². The number of likely N-dealkylation sites (tertiary alicyclic amines) is 1. The first-order valence-corrected chi connectivity index (χ1v) is 6.08. The molecule has 0 aliphatic carbocycles. The van der Waals surface area contributed by atoms with Gasteiger partial charge in [-0.15, -0.1) is 11.3 Å². The van der Waals surface area contributed by atoms with Gasteiger partial charge in [-0.1, -0.05) is 0 Å². The second-order valence-corrected chi connectivity index (χ2v) is 4.52. The van der Waals surface area contributed by atoms with Crippen molar-refractivity contribution in [3.63, 3.8) is 0 Å². The lowest BCUT2D eigenvalue weighted by atomic mass is 10.2. The highest BCUT2D eigenvalue weighted by atomic mass is 32.1. The third-order valence-electron chi connectivity index (χ3n) is 2.72. The fraction of sp³-hybridized carbons (Fsp3) is 0.500. The van der Waals surface area contributed by atoms with Crippen molar-refractivity contribution in [1.29, 1.82) is 0 Å². The van der Waals surface area contributed by atoms with Crippen LogP contribution in [0.15, 0.2) is 10.9 Å². The van der Waals surface area contributed by atoms with E-state index in [0.717, 1.165) is 12.1 Å². The lowest BCUT2D eigenvalue weighted by Gasteiger charge is -2.21. The minimum atomic E-state index is -0.425. The van der Waals surface area contributed by atoms with E-state index < -0.39 is 11.9 Å². The van der Waals surface area contributed by atoms with Crippen molar-refractivity contribution in [1.82, 2.24) is 9.88 Å². The summed E-state index contributed by atoms with van der Waals surface area (Å²) in [4.78, 5) is 28.7. The zero-order valence-corrected chi connectivity index (χ0v) is 9.57. The Morgan fingerprint density at radius 3 is 3.06 bits per heavy atom. The Hall–Kier alpha value is -1.43. The van der Waals surface area contributed by atoms with Gasteiger partial charge >= 0.3 is 0 Å². The van der Waals surface area contributed by atoms with E-state index in [-0.39, 0.29) is 12.3 Å². The molecule has 2 heterocycles. The van der Waals surface area contributed by atoms with Gasteiger partial charge in [-0.05, 0) is 12.8 Å². The van der Waals surface area contributed by atoms with Gasteiger partial charge in [0, 0.05) is 11.9 Å². The summed E-state index contributed by atoms with van der Waals surface area (Å²) < 4.78 is 0. The molecule has 16 heavy (non-hydrogen) atoms. The number of primary amides is 1. The summed E-state index contributed by atoms with van der Waals surface area (Å²) in [6.07, 6.45) is 1.78. The highest BCUT2D eigenvalue weighted by molar-refractivity contribution is 7.07. The highest BCUT2D eigenvalue weighted by Crippen LogP contribution is 2.18. The Morgan fingerprint density at radius 2 is 2.44 bits per heavy atom. The summed E-state index contributed by atoms with van der Waals surface area (Å²) in [5, 5.41) is 1.84. The molecule has 5 nitrogen and oxygen atoms in total. The average molecular weight is 239 g/mol. The number of carbonyl (C=O) groups is 2. The molecule has 0 bridgehead atoms. The highest BCUT2D eigenvalue weighted by Gasteiger charge is 2.32. The standard InChI is InChI=1S/C10H13N3O2S/c11-10(15)8-2-1-3-13(8)9(14)4-7-5-16-6-12-7/h5-6,8H,1-4H2,(H2,11,15)/t8-/m1/s1. The number of nitrogens with two attached hydrogens (primary N) is 1. The third-order valence-corrected chi connectivity index (χ3v) is 3.35. The molecule has 1 aliphatic rings. The molecule has 1 aromatic heterocycles. The number of hydrogen-bond donors (Lipinski definition) is 1. The van der Waals surface area contributed by atoms with Crippen LogP contribution in [0.4, 0.5) is 0 Å². The Morgan fingerprint density at radius 1 is 1.62 bits per heavy atom. The fourth-order valence-electron chi connectivity index (χ4n) is 1.94. The molecule has 0 aromatic carbocycles. The van der Waals surface area contributed by atoms with E-state index in [2.05, 4.69) is 4.98 Å². The van der Waals surface area contributed by atoms with Gasteiger partial charge in [-0.3, -0.25) is 9.59 Å². The fourth-order valence-corrected chi connectivity index (χ4v) is 2.50. The SMILES string of the molecule is NC(=O)[C@H]1CCCN1C(=O)Cc1cscn1. The van der Waals surface area contributed by atoms with Gasteiger partial charge in [0.25, 0.3) is 0 Å². The molecular formula is C10H13N3O2S. The largest absolute Gasteiger partial charge is 0.368 e. The van der Waals surface area contributed by atoms with E-state index in [4.69, 9.17) is 5.73 Å². The van der Waals surface area contributed by atoms with Crippen molar-refractivity contribution in [2.24, 2.45) is 5.73 Å². The summed E-state index contributed by atoms with van der Waals surface area (Å²) >= 11 is 1.46. The number of amides is 2. The molecule has 2 N–H and O–H groups in total. The maximum atomic E-state index is 11.9. The van der Waals surface area contributed by atoms with Crippen LogP contribution in [-0.4, -0.2) is 34.3 Å². The van der Waals surface area contributed by atoms with Crippen molar-refractivity contribution in [2.45, 2.75) is 25.3 Å². The van der Waals surface area contributed by atoms with Gasteiger partial charge < -0.3 is 10.6 Å². The second kappa shape index (κ2) is 4.61. The second-order valence-electron chi connectivity index (χ2n) is 3.80. The Bertz CT molecular complexity index is 391. The van der Waals surface area contributed by atoms with Crippen LogP contribution in [0.3, 0.4) is 0 Å². The number of rotatable bonds is 3. The van der Waals surface area contributed by atoms with Gasteiger partial charge in [0.1, 0.15) is 6.04 Å². The first-order chi connectivity index (χ1) is 7.68. The molecule has 0 spiro atoms. The molecule has 1 atom stereocenters. The third kappa shape index (κ3) is 2.21. The predicted octanol–water partition coefficient (Wildman–Crippen LogP) is 0.162. The van der Waals surface area contributed by atoms with Gasteiger partial charge in [-0.2, -0.15) is 0 Å². The molecule has 0 saturated carbocycles. The zero-order valence-electron chi connectivity index (χ0n) is 8.76. The first-order valence-electron chi connectivity index (χ1n) is 5.14. The quantitative estimate of drug-likeness (QED) is 0.816. The van der Waals surface area contributed by atoms with Crippen molar-refractivity contribution in [3.05, 3.63) is 16.6 Å².